The predicted octanol–water partition coefficient (Wildman–Crippen LogP) is 3.73. The average molecular weight is 254 g/mol. The number of rotatable bonds is 3. The van der Waals surface area contributed by atoms with Crippen LogP contribution >= 0.6 is 0 Å². The molecule has 1 heterocycles. The molecule has 1 aliphatic rings. The summed E-state index contributed by atoms with van der Waals surface area (Å²) in [6, 6.07) is 9.44. The van der Waals surface area contributed by atoms with Gasteiger partial charge in [0.15, 0.2) is 0 Å². The van der Waals surface area contributed by atoms with Crippen molar-refractivity contribution in [2.45, 2.75) is 38.6 Å². The fourth-order valence-corrected chi connectivity index (χ4v) is 3.61. The van der Waals surface area contributed by atoms with Crippen molar-refractivity contribution in [3.8, 4) is 0 Å². The Morgan fingerprint density at radius 3 is 3.00 bits per heavy atom. The van der Waals surface area contributed by atoms with Gasteiger partial charge in [-0.1, -0.05) is 32.0 Å². The van der Waals surface area contributed by atoms with E-state index in [1.54, 1.807) is 0 Å². The highest BCUT2D eigenvalue weighted by Gasteiger charge is 2.33. The van der Waals surface area contributed by atoms with Gasteiger partial charge < -0.3 is 5.32 Å². The number of nitrogens with one attached hydrogen (secondary N) is 1. The van der Waals surface area contributed by atoms with E-state index < -0.39 is 0 Å². The second-order valence-corrected chi connectivity index (χ2v) is 5.65. The third-order valence-electron chi connectivity index (χ3n) is 4.64. The van der Waals surface area contributed by atoms with Crippen LogP contribution in [0.25, 0.3) is 10.8 Å². The average Bonchev–Trinajstić information content (AvgIpc) is 2.80. The van der Waals surface area contributed by atoms with Gasteiger partial charge in [0.1, 0.15) is 0 Å². The van der Waals surface area contributed by atoms with Crippen LogP contribution < -0.4 is 5.32 Å². The summed E-state index contributed by atoms with van der Waals surface area (Å²) in [4.78, 5) is 4.31. The van der Waals surface area contributed by atoms with E-state index in [-0.39, 0.29) is 0 Å². The van der Waals surface area contributed by atoms with Gasteiger partial charge in [-0.2, -0.15) is 0 Å². The van der Waals surface area contributed by atoms with Gasteiger partial charge in [-0.15, -0.1) is 0 Å². The number of fused-ring (bicyclic) bond motifs is 1. The predicted molar refractivity (Wildman–Crippen MR) is 80.3 cm³/mol. The maximum atomic E-state index is 4.31. The Morgan fingerprint density at radius 2 is 2.16 bits per heavy atom. The Balaban J connectivity index is 1.97. The van der Waals surface area contributed by atoms with Crippen LogP contribution in [0.1, 0.15) is 38.2 Å². The summed E-state index contributed by atoms with van der Waals surface area (Å²) in [6.45, 7) is 5.65. The van der Waals surface area contributed by atoms with Gasteiger partial charge >= 0.3 is 0 Å². The number of nitrogens with zero attached hydrogens (tertiary/aromatic N) is 1. The first kappa shape index (κ1) is 12.6. The van der Waals surface area contributed by atoms with Crippen LogP contribution in [0.2, 0.25) is 0 Å². The molecule has 0 aliphatic heterocycles. The number of aromatic nitrogens is 1. The summed E-state index contributed by atoms with van der Waals surface area (Å²) in [6.07, 6.45) is 6.48. The van der Waals surface area contributed by atoms with E-state index in [9.17, 15) is 0 Å². The standard InChI is InChI=1S/C17H22N2/c1-3-19-17-8-7-14(12(17)2)15-6-4-5-13-9-10-18-11-16(13)15/h4-6,9-12,14,17,19H,3,7-8H2,1-2H3. The highest BCUT2D eigenvalue weighted by Crippen LogP contribution is 2.41. The maximum absolute atomic E-state index is 4.31. The molecular formula is C17H22N2. The topological polar surface area (TPSA) is 24.9 Å². The molecule has 2 heteroatoms. The molecule has 0 bridgehead atoms. The summed E-state index contributed by atoms with van der Waals surface area (Å²) in [7, 11) is 0. The van der Waals surface area contributed by atoms with Gasteiger partial charge in [0.2, 0.25) is 0 Å². The molecule has 3 atom stereocenters. The van der Waals surface area contributed by atoms with Crippen LogP contribution in [0.4, 0.5) is 0 Å². The summed E-state index contributed by atoms with van der Waals surface area (Å²) in [5.41, 5.74) is 1.48. The zero-order valence-corrected chi connectivity index (χ0v) is 11.8. The third kappa shape index (κ3) is 2.25. The quantitative estimate of drug-likeness (QED) is 0.903. The molecule has 1 N–H and O–H groups in total. The molecule has 3 rings (SSSR count). The Morgan fingerprint density at radius 1 is 1.26 bits per heavy atom. The van der Waals surface area contributed by atoms with E-state index in [0.29, 0.717) is 17.9 Å². The van der Waals surface area contributed by atoms with Gasteiger partial charge in [-0.25, -0.2) is 0 Å². The SMILES string of the molecule is CCNC1CCC(c2cccc3ccncc23)C1C. The van der Waals surface area contributed by atoms with Crippen LogP contribution in [0.15, 0.2) is 36.7 Å². The fourth-order valence-electron chi connectivity index (χ4n) is 3.61. The lowest BCUT2D eigenvalue weighted by molar-refractivity contribution is 0.413. The molecule has 1 saturated carbocycles. The lowest BCUT2D eigenvalue weighted by Crippen LogP contribution is -2.32. The summed E-state index contributed by atoms with van der Waals surface area (Å²) < 4.78 is 0. The molecular weight excluding hydrogens is 232 g/mol. The van der Waals surface area contributed by atoms with E-state index in [1.807, 2.05) is 12.4 Å². The van der Waals surface area contributed by atoms with Crippen LogP contribution in [0.3, 0.4) is 0 Å². The molecule has 3 unspecified atom stereocenters. The molecule has 1 aromatic carbocycles. The second kappa shape index (κ2) is 5.30. The molecule has 0 spiro atoms. The molecule has 100 valence electrons. The second-order valence-electron chi connectivity index (χ2n) is 5.65. The van der Waals surface area contributed by atoms with Crippen molar-refractivity contribution in [1.82, 2.24) is 10.3 Å². The van der Waals surface area contributed by atoms with Crippen molar-refractivity contribution in [3.63, 3.8) is 0 Å². The summed E-state index contributed by atoms with van der Waals surface area (Å²) >= 11 is 0. The summed E-state index contributed by atoms with van der Waals surface area (Å²) in [5, 5.41) is 6.27. The van der Waals surface area contributed by atoms with Crippen LogP contribution in [-0.2, 0) is 0 Å². The van der Waals surface area contributed by atoms with E-state index in [1.165, 1.54) is 29.2 Å². The van der Waals surface area contributed by atoms with Crippen molar-refractivity contribution in [2.24, 2.45) is 5.92 Å². The Bertz CT molecular complexity index is 559. The van der Waals surface area contributed by atoms with Crippen LogP contribution in [0.5, 0.6) is 0 Å². The van der Waals surface area contributed by atoms with E-state index in [0.717, 1.165) is 6.54 Å². The highest BCUT2D eigenvalue weighted by atomic mass is 14.9. The van der Waals surface area contributed by atoms with Crippen molar-refractivity contribution >= 4 is 10.8 Å². The summed E-state index contributed by atoms with van der Waals surface area (Å²) in [5.74, 6) is 1.36. The fraction of sp³-hybridized carbons (Fsp3) is 0.471. The van der Waals surface area contributed by atoms with Crippen molar-refractivity contribution in [2.75, 3.05) is 6.54 Å². The number of pyridine rings is 1. The first-order valence-electron chi connectivity index (χ1n) is 7.37. The molecule has 1 aromatic heterocycles. The first-order valence-corrected chi connectivity index (χ1v) is 7.37. The minimum Gasteiger partial charge on any atom is -0.314 e. The van der Waals surface area contributed by atoms with Gasteiger partial charge in [0.05, 0.1) is 0 Å². The highest BCUT2D eigenvalue weighted by molar-refractivity contribution is 5.85. The molecule has 2 aromatic rings. The van der Waals surface area contributed by atoms with Crippen LogP contribution in [0, 0.1) is 5.92 Å². The maximum Gasteiger partial charge on any atom is 0.0349 e. The minimum absolute atomic E-state index is 0.664. The largest absolute Gasteiger partial charge is 0.314 e. The molecule has 0 saturated heterocycles. The number of hydrogen-bond donors (Lipinski definition) is 1. The van der Waals surface area contributed by atoms with E-state index >= 15 is 0 Å². The Hall–Kier alpha value is -1.41. The Labute approximate surface area is 115 Å². The molecule has 1 aliphatic carbocycles. The van der Waals surface area contributed by atoms with Crippen molar-refractivity contribution in [3.05, 3.63) is 42.2 Å². The third-order valence-corrected chi connectivity index (χ3v) is 4.64. The van der Waals surface area contributed by atoms with Gasteiger partial charge in [0, 0.05) is 23.8 Å². The van der Waals surface area contributed by atoms with Gasteiger partial charge in [-0.05, 0) is 48.2 Å². The minimum atomic E-state index is 0.664. The zero-order chi connectivity index (χ0) is 13.2. The van der Waals surface area contributed by atoms with E-state index in [4.69, 9.17) is 0 Å². The number of hydrogen-bond acceptors (Lipinski definition) is 2. The Kier molecular flexibility index (Phi) is 3.52. The lowest BCUT2D eigenvalue weighted by Gasteiger charge is -2.22. The normalized spacial score (nSPS) is 26.9. The van der Waals surface area contributed by atoms with E-state index in [2.05, 4.69) is 48.4 Å². The molecule has 19 heavy (non-hydrogen) atoms. The zero-order valence-electron chi connectivity index (χ0n) is 11.8. The monoisotopic (exact) mass is 254 g/mol. The van der Waals surface area contributed by atoms with Crippen molar-refractivity contribution < 1.29 is 0 Å². The van der Waals surface area contributed by atoms with Crippen LogP contribution in [-0.4, -0.2) is 17.6 Å². The number of benzene rings is 1. The molecule has 0 radical (unpaired) electrons. The van der Waals surface area contributed by atoms with Gasteiger partial charge in [0.25, 0.3) is 0 Å². The molecule has 0 amide bonds. The van der Waals surface area contributed by atoms with Gasteiger partial charge in [-0.3, -0.25) is 4.98 Å². The van der Waals surface area contributed by atoms with Crippen molar-refractivity contribution in [1.29, 1.82) is 0 Å². The smallest absolute Gasteiger partial charge is 0.0349 e. The lowest BCUT2D eigenvalue weighted by atomic mass is 9.86. The molecule has 1 fully saturated rings. The molecule has 2 nitrogen and oxygen atoms in total. The first-order chi connectivity index (χ1) is 9.31.